The minimum Gasteiger partial charge on any atom is -0.480 e. The molecule has 2 amide bonds. The molecular weight excluding hydrogens is 280 g/mol. The molecule has 0 bridgehead atoms. The number of nitrogens with one attached hydrogen (secondary N) is 1. The third kappa shape index (κ3) is 2.78. The summed E-state index contributed by atoms with van der Waals surface area (Å²) in [5.74, 6) is -0.574. The lowest BCUT2D eigenvalue weighted by Crippen LogP contribution is -2.49. The van der Waals surface area contributed by atoms with Gasteiger partial charge in [0, 0.05) is 11.2 Å². The van der Waals surface area contributed by atoms with E-state index < -0.39 is 33.9 Å². The summed E-state index contributed by atoms with van der Waals surface area (Å²) in [4.78, 5) is 23.9. The van der Waals surface area contributed by atoms with Gasteiger partial charge in [-0.3, -0.25) is 0 Å². The molecule has 0 aromatic carbocycles. The second-order valence-corrected chi connectivity index (χ2v) is 6.97. The van der Waals surface area contributed by atoms with Gasteiger partial charge >= 0.3 is 12.0 Å². The molecule has 0 aliphatic carbocycles. The summed E-state index contributed by atoms with van der Waals surface area (Å²) in [5, 5.41) is 12.5. The molecule has 2 N–H and O–H groups in total. The van der Waals surface area contributed by atoms with E-state index in [0.29, 0.717) is 11.6 Å². The molecule has 0 radical (unpaired) electrons. The highest BCUT2D eigenvalue weighted by molar-refractivity contribution is 7.99. The number of carboxylic acids is 1. The number of carboxylic acid groups (broad SMARTS) is 1. The monoisotopic (exact) mass is 292 g/mol. The molecule has 2 heterocycles. The van der Waals surface area contributed by atoms with Gasteiger partial charge in [-0.05, 0) is 6.08 Å². The number of aliphatic carboxylic acids is 1. The van der Waals surface area contributed by atoms with Crippen molar-refractivity contribution in [2.24, 2.45) is 0 Å². The molecule has 1 fully saturated rings. The number of carbonyl (C=O) groups is 2. The standard InChI is InChI=1S/C9H12N2O5S2/c12-8(13)7-3-17-5-11(7)9(14)10-6-1-2-18(15,16)4-6/h1-2,6-7H,3-5H2,(H,10,14)(H,12,13)/t6?,7-/m0/s1. The van der Waals surface area contributed by atoms with Crippen LogP contribution in [0.3, 0.4) is 0 Å². The minimum absolute atomic E-state index is 0.169. The number of thioether (sulfide) groups is 1. The van der Waals surface area contributed by atoms with Crippen molar-refractivity contribution in [2.45, 2.75) is 12.1 Å². The van der Waals surface area contributed by atoms with Gasteiger partial charge in [0.05, 0.1) is 17.7 Å². The minimum atomic E-state index is -3.23. The van der Waals surface area contributed by atoms with Crippen LogP contribution in [0.2, 0.25) is 0 Å². The van der Waals surface area contributed by atoms with Crippen molar-refractivity contribution in [3.8, 4) is 0 Å². The van der Waals surface area contributed by atoms with E-state index in [2.05, 4.69) is 5.32 Å². The van der Waals surface area contributed by atoms with Crippen molar-refractivity contribution < 1.29 is 23.1 Å². The lowest BCUT2D eigenvalue weighted by Gasteiger charge is -2.22. The van der Waals surface area contributed by atoms with E-state index in [-0.39, 0.29) is 5.75 Å². The van der Waals surface area contributed by atoms with Crippen LogP contribution in [0.1, 0.15) is 0 Å². The highest BCUT2D eigenvalue weighted by atomic mass is 32.2. The third-order valence-electron chi connectivity index (χ3n) is 2.67. The maximum absolute atomic E-state index is 11.8. The summed E-state index contributed by atoms with van der Waals surface area (Å²) in [6.07, 6.45) is 1.40. The van der Waals surface area contributed by atoms with Gasteiger partial charge in [-0.25, -0.2) is 18.0 Å². The van der Waals surface area contributed by atoms with Gasteiger partial charge < -0.3 is 15.3 Å². The molecule has 100 valence electrons. The van der Waals surface area contributed by atoms with E-state index in [4.69, 9.17) is 5.11 Å². The van der Waals surface area contributed by atoms with Crippen LogP contribution in [0.5, 0.6) is 0 Å². The van der Waals surface area contributed by atoms with Crippen molar-refractivity contribution in [2.75, 3.05) is 17.4 Å². The van der Waals surface area contributed by atoms with Gasteiger partial charge in [-0.15, -0.1) is 11.8 Å². The summed E-state index contributed by atoms with van der Waals surface area (Å²) >= 11 is 1.35. The number of carbonyl (C=O) groups excluding carboxylic acids is 1. The van der Waals surface area contributed by atoms with Crippen LogP contribution in [0.4, 0.5) is 4.79 Å². The first kappa shape index (κ1) is 13.2. The number of hydrogen-bond acceptors (Lipinski definition) is 5. The Balaban J connectivity index is 1.97. The third-order valence-corrected chi connectivity index (χ3v) is 5.07. The predicted molar refractivity (Wildman–Crippen MR) is 65.8 cm³/mol. The molecule has 0 aromatic rings. The van der Waals surface area contributed by atoms with E-state index >= 15 is 0 Å². The maximum atomic E-state index is 11.8. The summed E-state index contributed by atoms with van der Waals surface area (Å²) in [5.41, 5.74) is 0. The summed E-state index contributed by atoms with van der Waals surface area (Å²) in [6.45, 7) is 0. The number of urea groups is 1. The Kier molecular flexibility index (Phi) is 3.53. The molecule has 18 heavy (non-hydrogen) atoms. The van der Waals surface area contributed by atoms with E-state index in [1.54, 1.807) is 0 Å². The second-order valence-electron chi connectivity index (χ2n) is 4.04. The molecule has 2 rings (SSSR count). The number of nitrogens with zero attached hydrogens (tertiary/aromatic N) is 1. The molecule has 7 nitrogen and oxygen atoms in total. The first-order valence-corrected chi connectivity index (χ1v) is 8.05. The molecular formula is C9H12N2O5S2. The number of rotatable bonds is 2. The SMILES string of the molecule is O=C(O)[C@@H]1CSCN1C(=O)NC1C=CS(=O)(=O)C1. The number of amides is 2. The van der Waals surface area contributed by atoms with Gasteiger partial charge in [-0.1, -0.05) is 0 Å². The summed E-state index contributed by atoms with van der Waals surface area (Å²) in [6, 6.07) is -1.97. The second kappa shape index (κ2) is 4.81. The molecule has 2 aliphatic rings. The highest BCUT2D eigenvalue weighted by Gasteiger charge is 2.36. The zero-order valence-electron chi connectivity index (χ0n) is 9.27. The topological polar surface area (TPSA) is 104 Å². The maximum Gasteiger partial charge on any atom is 0.327 e. The van der Waals surface area contributed by atoms with Gasteiger partial charge in [0.2, 0.25) is 0 Å². The summed E-state index contributed by atoms with van der Waals surface area (Å²) in [7, 11) is -3.23. The molecule has 1 saturated heterocycles. The quantitative estimate of drug-likeness (QED) is 0.709. The lowest BCUT2D eigenvalue weighted by molar-refractivity contribution is -0.140. The van der Waals surface area contributed by atoms with Gasteiger partial charge in [0.1, 0.15) is 6.04 Å². The normalized spacial score (nSPS) is 29.4. The van der Waals surface area contributed by atoms with Crippen LogP contribution in [-0.2, 0) is 14.6 Å². The van der Waals surface area contributed by atoms with Crippen LogP contribution >= 0.6 is 11.8 Å². The first-order chi connectivity index (χ1) is 8.39. The molecule has 2 aliphatic heterocycles. The molecule has 2 atom stereocenters. The van der Waals surface area contributed by atoms with Crippen molar-refractivity contribution in [3.63, 3.8) is 0 Å². The Morgan fingerprint density at radius 3 is 2.72 bits per heavy atom. The molecule has 0 saturated carbocycles. The van der Waals surface area contributed by atoms with Crippen molar-refractivity contribution >= 4 is 33.6 Å². The Morgan fingerprint density at radius 1 is 1.44 bits per heavy atom. The smallest absolute Gasteiger partial charge is 0.327 e. The highest BCUT2D eigenvalue weighted by Crippen LogP contribution is 2.21. The number of hydrogen-bond donors (Lipinski definition) is 2. The zero-order valence-corrected chi connectivity index (χ0v) is 10.9. The zero-order chi connectivity index (χ0) is 13.3. The molecule has 0 aromatic heterocycles. The fraction of sp³-hybridized carbons (Fsp3) is 0.556. The Hall–Kier alpha value is -1.22. The Morgan fingerprint density at radius 2 is 2.17 bits per heavy atom. The van der Waals surface area contributed by atoms with Crippen molar-refractivity contribution in [3.05, 3.63) is 11.5 Å². The average Bonchev–Trinajstić information content (AvgIpc) is 2.84. The van der Waals surface area contributed by atoms with Crippen LogP contribution in [-0.4, -0.2) is 59.9 Å². The fourth-order valence-corrected chi connectivity index (χ4v) is 4.13. The molecule has 1 unspecified atom stereocenters. The van der Waals surface area contributed by atoms with Gasteiger partial charge in [-0.2, -0.15) is 0 Å². The van der Waals surface area contributed by atoms with E-state index in [1.807, 2.05) is 0 Å². The van der Waals surface area contributed by atoms with Crippen LogP contribution in [0.15, 0.2) is 11.5 Å². The van der Waals surface area contributed by atoms with Crippen LogP contribution in [0.25, 0.3) is 0 Å². The van der Waals surface area contributed by atoms with Crippen molar-refractivity contribution in [1.82, 2.24) is 10.2 Å². The van der Waals surface area contributed by atoms with E-state index in [9.17, 15) is 18.0 Å². The predicted octanol–water partition coefficient (Wildman–Crippen LogP) is -0.534. The molecule has 9 heteroatoms. The van der Waals surface area contributed by atoms with Crippen molar-refractivity contribution in [1.29, 1.82) is 0 Å². The first-order valence-electron chi connectivity index (χ1n) is 5.18. The van der Waals surface area contributed by atoms with E-state index in [1.165, 1.54) is 22.7 Å². The van der Waals surface area contributed by atoms with Crippen LogP contribution in [0, 0.1) is 0 Å². The summed E-state index contributed by atoms with van der Waals surface area (Å²) < 4.78 is 22.3. The fourth-order valence-electron chi connectivity index (χ4n) is 1.75. The van der Waals surface area contributed by atoms with E-state index in [0.717, 1.165) is 5.41 Å². The Labute approximate surface area is 108 Å². The Bertz CT molecular complexity index is 501. The average molecular weight is 292 g/mol. The van der Waals surface area contributed by atoms with Gasteiger partial charge in [0.25, 0.3) is 0 Å². The number of sulfone groups is 1. The lowest BCUT2D eigenvalue weighted by atomic mass is 10.3. The van der Waals surface area contributed by atoms with Gasteiger partial charge in [0.15, 0.2) is 9.84 Å². The molecule has 0 spiro atoms. The van der Waals surface area contributed by atoms with Crippen LogP contribution < -0.4 is 5.32 Å². The largest absolute Gasteiger partial charge is 0.480 e.